The van der Waals surface area contributed by atoms with Crippen LogP contribution >= 0.6 is 0 Å². The highest BCUT2D eigenvalue weighted by atomic mass is 19.1. The van der Waals surface area contributed by atoms with Crippen LogP contribution < -0.4 is 9.47 Å². The molecule has 0 N–H and O–H groups in total. The summed E-state index contributed by atoms with van der Waals surface area (Å²) in [5.41, 5.74) is 2.74. The maximum atomic E-state index is 14.2. The van der Waals surface area contributed by atoms with Gasteiger partial charge >= 0.3 is 0 Å². The van der Waals surface area contributed by atoms with Gasteiger partial charge in [-0.25, -0.2) is 8.78 Å². The van der Waals surface area contributed by atoms with Crippen molar-refractivity contribution < 1.29 is 18.3 Å². The van der Waals surface area contributed by atoms with Crippen LogP contribution in [0.2, 0.25) is 0 Å². The maximum absolute atomic E-state index is 14.2. The Morgan fingerprint density at radius 3 is 2.47 bits per heavy atom. The first kappa shape index (κ1) is 22.8. The van der Waals surface area contributed by atoms with E-state index in [0.717, 1.165) is 11.1 Å². The summed E-state index contributed by atoms with van der Waals surface area (Å²) in [5.74, 6) is 0.287. The highest BCUT2D eigenvalue weighted by Gasteiger charge is 2.15. The molecule has 5 heteroatoms. The first-order valence-electron chi connectivity index (χ1n) is 10.2. The predicted molar refractivity (Wildman–Crippen MR) is 122 cm³/mol. The van der Waals surface area contributed by atoms with Crippen molar-refractivity contribution in [2.45, 2.75) is 20.0 Å². The predicted octanol–water partition coefficient (Wildman–Crippen LogP) is 6.74. The second-order valence-electron chi connectivity index (χ2n) is 7.00. The highest BCUT2D eigenvalue weighted by molar-refractivity contribution is 5.90. The molecule has 0 aliphatic carbocycles. The third-order valence-corrected chi connectivity index (χ3v) is 4.71. The van der Waals surface area contributed by atoms with Crippen molar-refractivity contribution >= 4 is 11.6 Å². The van der Waals surface area contributed by atoms with Gasteiger partial charge in [-0.15, -0.1) is 6.58 Å². The summed E-state index contributed by atoms with van der Waals surface area (Å²) in [5, 5.41) is 9.61. The topological polar surface area (TPSA) is 42.2 Å². The molecule has 3 nitrogen and oxygen atoms in total. The minimum atomic E-state index is -0.462. The van der Waals surface area contributed by atoms with Gasteiger partial charge in [0.2, 0.25) is 0 Å². The average Bonchev–Trinajstić information content (AvgIpc) is 2.79. The summed E-state index contributed by atoms with van der Waals surface area (Å²) in [6.07, 6.45) is 3.87. The summed E-state index contributed by atoms with van der Waals surface area (Å²) in [4.78, 5) is 0. The molecular formula is C27H23F2NO2. The highest BCUT2D eigenvalue weighted by Crippen LogP contribution is 2.36. The molecule has 0 aromatic heterocycles. The SMILES string of the molecule is C=CCc1cc(C=C(C#N)c2ccccc2F)cc(OCC)c1OCc1ccc(F)cc1. The summed E-state index contributed by atoms with van der Waals surface area (Å²) < 4.78 is 39.2. The first-order valence-corrected chi connectivity index (χ1v) is 10.2. The van der Waals surface area contributed by atoms with Crippen molar-refractivity contribution in [3.8, 4) is 17.6 Å². The minimum Gasteiger partial charge on any atom is -0.490 e. The van der Waals surface area contributed by atoms with Crippen LogP contribution in [-0.2, 0) is 13.0 Å². The second-order valence-corrected chi connectivity index (χ2v) is 7.00. The third-order valence-electron chi connectivity index (χ3n) is 4.71. The van der Waals surface area contributed by atoms with E-state index in [2.05, 4.69) is 12.6 Å². The number of nitrogens with zero attached hydrogens (tertiary/aromatic N) is 1. The van der Waals surface area contributed by atoms with E-state index in [9.17, 15) is 14.0 Å². The van der Waals surface area contributed by atoms with Gasteiger partial charge in [0.05, 0.1) is 18.2 Å². The average molecular weight is 431 g/mol. The van der Waals surface area contributed by atoms with Gasteiger partial charge in [0.15, 0.2) is 11.5 Å². The zero-order valence-corrected chi connectivity index (χ0v) is 17.8. The molecular weight excluding hydrogens is 408 g/mol. The molecule has 3 aromatic carbocycles. The molecule has 0 unspecified atom stereocenters. The normalized spacial score (nSPS) is 11.0. The zero-order valence-electron chi connectivity index (χ0n) is 17.8. The number of ether oxygens (including phenoxy) is 2. The molecule has 0 saturated carbocycles. The summed E-state index contributed by atoms with van der Waals surface area (Å²) in [6, 6.07) is 17.9. The standard InChI is InChI=1S/C27H23F2NO2/c1-3-7-21-14-20(15-22(17-30)24-8-5-6-9-25(24)29)16-26(31-4-2)27(21)32-18-19-10-12-23(28)13-11-19/h3,5-6,8-16H,1,4,7,18H2,2H3. The Kier molecular flexibility index (Phi) is 7.77. The van der Waals surface area contributed by atoms with Crippen LogP contribution in [0, 0.1) is 23.0 Å². The second kappa shape index (κ2) is 10.9. The molecule has 0 bridgehead atoms. The lowest BCUT2D eigenvalue weighted by atomic mass is 10.0. The number of hydrogen-bond acceptors (Lipinski definition) is 3. The molecule has 32 heavy (non-hydrogen) atoms. The van der Waals surface area contributed by atoms with Gasteiger partial charge in [-0.05, 0) is 60.9 Å². The van der Waals surface area contributed by atoms with Crippen LogP contribution in [0.15, 0.2) is 73.3 Å². The van der Waals surface area contributed by atoms with Gasteiger partial charge in [0.1, 0.15) is 18.2 Å². The van der Waals surface area contributed by atoms with Crippen molar-refractivity contribution in [2.24, 2.45) is 0 Å². The lowest BCUT2D eigenvalue weighted by Crippen LogP contribution is -2.03. The van der Waals surface area contributed by atoms with E-state index in [1.54, 1.807) is 48.6 Å². The van der Waals surface area contributed by atoms with E-state index in [-0.39, 0.29) is 23.6 Å². The molecule has 0 spiro atoms. The van der Waals surface area contributed by atoms with Gasteiger partial charge in [-0.1, -0.05) is 36.4 Å². The Bertz CT molecular complexity index is 1160. The Balaban J connectivity index is 2.01. The molecule has 3 aromatic rings. The van der Waals surface area contributed by atoms with Crippen molar-refractivity contribution in [2.75, 3.05) is 6.61 Å². The van der Waals surface area contributed by atoms with E-state index in [1.807, 2.05) is 13.0 Å². The van der Waals surface area contributed by atoms with Gasteiger partial charge in [0.25, 0.3) is 0 Å². The van der Waals surface area contributed by atoms with Crippen molar-refractivity contribution in [3.63, 3.8) is 0 Å². The van der Waals surface area contributed by atoms with Crippen LogP contribution in [0.3, 0.4) is 0 Å². The van der Waals surface area contributed by atoms with E-state index in [4.69, 9.17) is 9.47 Å². The molecule has 0 aliphatic rings. The molecule has 0 fully saturated rings. The monoisotopic (exact) mass is 431 g/mol. The van der Waals surface area contributed by atoms with Crippen molar-refractivity contribution in [1.82, 2.24) is 0 Å². The largest absolute Gasteiger partial charge is 0.490 e. The fraction of sp³-hybridized carbons (Fsp3) is 0.148. The fourth-order valence-electron chi connectivity index (χ4n) is 3.25. The Hall–Kier alpha value is -3.91. The first-order chi connectivity index (χ1) is 15.5. The molecule has 162 valence electrons. The Labute approximate surface area is 186 Å². The lowest BCUT2D eigenvalue weighted by Gasteiger charge is -2.17. The zero-order chi connectivity index (χ0) is 22.9. The van der Waals surface area contributed by atoms with Crippen LogP contribution in [0.4, 0.5) is 8.78 Å². The Morgan fingerprint density at radius 2 is 1.81 bits per heavy atom. The van der Waals surface area contributed by atoms with E-state index >= 15 is 0 Å². The maximum Gasteiger partial charge on any atom is 0.165 e. The summed E-state index contributed by atoms with van der Waals surface area (Å²) in [6.45, 7) is 6.32. The number of halogens is 2. The quantitative estimate of drug-likeness (QED) is 0.214. The van der Waals surface area contributed by atoms with Crippen molar-refractivity contribution in [1.29, 1.82) is 5.26 Å². The number of allylic oxidation sites excluding steroid dienone is 2. The molecule has 0 saturated heterocycles. The molecule has 0 heterocycles. The van der Waals surface area contributed by atoms with Crippen LogP contribution in [0.5, 0.6) is 11.5 Å². The molecule has 0 aliphatic heterocycles. The number of hydrogen-bond donors (Lipinski definition) is 0. The smallest absolute Gasteiger partial charge is 0.165 e. The van der Waals surface area contributed by atoms with E-state index in [1.165, 1.54) is 18.2 Å². The van der Waals surface area contributed by atoms with E-state index in [0.29, 0.717) is 30.1 Å². The number of rotatable bonds is 9. The fourth-order valence-corrected chi connectivity index (χ4v) is 3.25. The minimum absolute atomic E-state index is 0.204. The number of nitriles is 1. The molecule has 3 rings (SSSR count). The van der Waals surface area contributed by atoms with Gasteiger partial charge < -0.3 is 9.47 Å². The van der Waals surface area contributed by atoms with Crippen molar-refractivity contribution in [3.05, 3.63) is 107 Å². The van der Waals surface area contributed by atoms with E-state index < -0.39 is 5.82 Å². The third kappa shape index (κ3) is 5.61. The Morgan fingerprint density at radius 1 is 1.06 bits per heavy atom. The lowest BCUT2D eigenvalue weighted by molar-refractivity contribution is 0.267. The summed E-state index contributed by atoms with van der Waals surface area (Å²) >= 11 is 0. The summed E-state index contributed by atoms with van der Waals surface area (Å²) in [7, 11) is 0. The number of benzene rings is 3. The molecule has 0 radical (unpaired) electrons. The van der Waals surface area contributed by atoms with Gasteiger partial charge in [-0.2, -0.15) is 5.26 Å². The van der Waals surface area contributed by atoms with Gasteiger partial charge in [0, 0.05) is 11.1 Å². The van der Waals surface area contributed by atoms with Crippen LogP contribution in [-0.4, -0.2) is 6.61 Å². The van der Waals surface area contributed by atoms with Crippen LogP contribution in [0.25, 0.3) is 11.6 Å². The van der Waals surface area contributed by atoms with Gasteiger partial charge in [-0.3, -0.25) is 0 Å². The molecule has 0 atom stereocenters. The van der Waals surface area contributed by atoms with Crippen LogP contribution in [0.1, 0.15) is 29.2 Å². The molecule has 0 amide bonds.